The zero-order valence-corrected chi connectivity index (χ0v) is 12.0. The summed E-state index contributed by atoms with van der Waals surface area (Å²) in [6.07, 6.45) is 1.81. The molecule has 0 aliphatic rings. The first-order valence-corrected chi connectivity index (χ1v) is 5.61. The highest BCUT2D eigenvalue weighted by Gasteiger charge is 2.26. The zero-order valence-electron chi connectivity index (χ0n) is 11.2. The third kappa shape index (κ3) is 4.13. The van der Waals surface area contributed by atoms with Crippen molar-refractivity contribution in [1.82, 2.24) is 0 Å². The highest BCUT2D eigenvalue weighted by molar-refractivity contribution is 5.86. The van der Waals surface area contributed by atoms with E-state index in [0.29, 0.717) is 16.6 Å². The van der Waals surface area contributed by atoms with Crippen molar-refractivity contribution in [3.63, 3.8) is 0 Å². The monoisotopic (exact) mass is 265 g/mol. The number of carbonyl (C=O) groups is 1. The summed E-state index contributed by atoms with van der Waals surface area (Å²) in [7, 11) is 3.80. The topological polar surface area (TPSA) is 17.1 Å². The second kappa shape index (κ2) is 6.53. The Morgan fingerprint density at radius 1 is 1.28 bits per heavy atom. The molecule has 1 aromatic rings. The fourth-order valence-electron chi connectivity index (χ4n) is 1.80. The largest absolute Gasteiger partial charge is 1.00 e. The van der Waals surface area contributed by atoms with E-state index in [9.17, 15) is 4.79 Å². The molecule has 0 saturated carbocycles. The van der Waals surface area contributed by atoms with Crippen molar-refractivity contribution in [2.45, 2.75) is 13.5 Å². The van der Waals surface area contributed by atoms with Gasteiger partial charge < -0.3 is 12.4 Å². The van der Waals surface area contributed by atoms with Gasteiger partial charge in [0, 0.05) is 11.1 Å². The minimum atomic E-state index is 0. The molecule has 0 unspecified atom stereocenters. The third-order valence-electron chi connectivity index (χ3n) is 2.71. The smallest absolute Gasteiger partial charge is 0.340 e. The number of benzene rings is 1. The molecule has 0 heterocycles. The van der Waals surface area contributed by atoms with Crippen molar-refractivity contribution in [2.75, 3.05) is 14.1 Å². The molecular weight excluding hydrogens is 246 g/mol. The van der Waals surface area contributed by atoms with E-state index in [1.807, 2.05) is 44.4 Å². The number of amides is 1. The lowest BCUT2D eigenvalue weighted by Gasteiger charge is -2.26. The number of quaternary nitrogens is 1. The molecule has 3 heteroatoms. The molecule has 2 nitrogen and oxygen atoms in total. The van der Waals surface area contributed by atoms with Crippen LogP contribution in [-0.2, 0) is 11.3 Å². The predicted octanol–water partition coefficient (Wildman–Crippen LogP) is 0.0127. The van der Waals surface area contributed by atoms with Gasteiger partial charge in [0.1, 0.15) is 6.54 Å². The van der Waals surface area contributed by atoms with Gasteiger partial charge in [0.15, 0.2) is 0 Å². The van der Waals surface area contributed by atoms with Gasteiger partial charge in [-0.3, -0.25) is 4.48 Å². The van der Waals surface area contributed by atoms with E-state index in [0.717, 1.165) is 11.1 Å². The van der Waals surface area contributed by atoms with Crippen molar-refractivity contribution in [2.24, 2.45) is 0 Å². The van der Waals surface area contributed by atoms with Crippen LogP contribution in [-0.4, -0.2) is 24.5 Å². The average molecular weight is 266 g/mol. The Hall–Kier alpha value is -1.38. The fraction of sp³-hybridized carbons (Fsp3) is 0.267. The third-order valence-corrected chi connectivity index (χ3v) is 2.71. The van der Waals surface area contributed by atoms with Crippen LogP contribution in [0.2, 0.25) is 0 Å². The maximum atomic E-state index is 11.9. The molecule has 1 aromatic carbocycles. The van der Waals surface area contributed by atoms with Crippen molar-refractivity contribution in [1.29, 1.82) is 0 Å². The first-order chi connectivity index (χ1) is 7.86. The Balaban J connectivity index is 0.00000289. The SMILES string of the molecule is C=Cc1ccc(C[N+](C)(C)C(=O)C(=C)C)cc1.[Cl-]. The quantitative estimate of drug-likeness (QED) is 0.554. The van der Waals surface area contributed by atoms with Crippen LogP contribution in [0.25, 0.3) is 6.08 Å². The standard InChI is InChI=1S/C15H20NO.ClH/c1-6-13-7-9-14(10-8-13)11-16(4,5)15(17)12(2)3;/h6-10H,1-2,11H2,3-5H3;1H/q+1;/p-1. The van der Waals surface area contributed by atoms with E-state index in [-0.39, 0.29) is 18.3 Å². The first kappa shape index (κ1) is 16.6. The van der Waals surface area contributed by atoms with E-state index in [1.165, 1.54) is 0 Å². The van der Waals surface area contributed by atoms with Crippen LogP contribution in [0.1, 0.15) is 18.1 Å². The van der Waals surface area contributed by atoms with Gasteiger partial charge in [0.05, 0.1) is 14.1 Å². The van der Waals surface area contributed by atoms with Crippen LogP contribution in [0, 0.1) is 0 Å². The summed E-state index contributed by atoms with van der Waals surface area (Å²) >= 11 is 0. The Kier molecular flexibility index (Phi) is 6.02. The van der Waals surface area contributed by atoms with Crippen LogP contribution in [0.15, 0.2) is 43.0 Å². The van der Waals surface area contributed by atoms with Gasteiger partial charge in [-0.05, 0) is 12.5 Å². The number of halogens is 1. The van der Waals surface area contributed by atoms with E-state index < -0.39 is 0 Å². The molecule has 0 aromatic heterocycles. The summed E-state index contributed by atoms with van der Waals surface area (Å²) in [5.74, 6) is 0.0674. The normalized spacial score (nSPS) is 10.4. The molecule has 0 fully saturated rings. The number of hydrogen-bond donors (Lipinski definition) is 0. The van der Waals surface area contributed by atoms with Crippen molar-refractivity contribution in [3.05, 3.63) is 54.1 Å². The van der Waals surface area contributed by atoms with Crippen LogP contribution in [0.4, 0.5) is 0 Å². The molecule has 0 aliphatic heterocycles. The summed E-state index contributed by atoms with van der Waals surface area (Å²) in [6.45, 7) is 9.85. The molecule has 0 N–H and O–H groups in total. The Labute approximate surface area is 116 Å². The summed E-state index contributed by atoms with van der Waals surface area (Å²) in [5.41, 5.74) is 2.82. The second-order valence-corrected chi connectivity index (χ2v) is 4.87. The molecule has 1 rings (SSSR count). The fourth-order valence-corrected chi connectivity index (χ4v) is 1.80. The van der Waals surface area contributed by atoms with E-state index in [1.54, 1.807) is 6.92 Å². The highest BCUT2D eigenvalue weighted by Crippen LogP contribution is 2.14. The van der Waals surface area contributed by atoms with Crippen LogP contribution in [0.3, 0.4) is 0 Å². The molecule has 0 aliphatic carbocycles. The van der Waals surface area contributed by atoms with Crippen molar-refractivity contribution < 1.29 is 21.7 Å². The average Bonchev–Trinajstić information content (AvgIpc) is 2.28. The van der Waals surface area contributed by atoms with Crippen molar-refractivity contribution in [3.8, 4) is 0 Å². The number of rotatable bonds is 4. The molecule has 0 spiro atoms. The van der Waals surface area contributed by atoms with E-state index >= 15 is 0 Å². The van der Waals surface area contributed by atoms with Gasteiger partial charge in [-0.2, -0.15) is 0 Å². The first-order valence-electron chi connectivity index (χ1n) is 5.61. The van der Waals surface area contributed by atoms with E-state index in [2.05, 4.69) is 13.2 Å². The van der Waals surface area contributed by atoms with Gasteiger partial charge in [-0.25, -0.2) is 4.79 Å². The maximum Gasteiger partial charge on any atom is 0.340 e. The Morgan fingerprint density at radius 3 is 2.17 bits per heavy atom. The lowest BCUT2D eigenvalue weighted by molar-refractivity contribution is -0.825. The minimum absolute atomic E-state index is 0. The van der Waals surface area contributed by atoms with Crippen LogP contribution < -0.4 is 12.4 Å². The Morgan fingerprint density at radius 2 is 1.78 bits per heavy atom. The highest BCUT2D eigenvalue weighted by atomic mass is 35.5. The van der Waals surface area contributed by atoms with Crippen molar-refractivity contribution >= 4 is 12.0 Å². The van der Waals surface area contributed by atoms with Crippen LogP contribution >= 0.6 is 0 Å². The molecule has 0 bridgehead atoms. The summed E-state index contributed by atoms with van der Waals surface area (Å²) in [6, 6.07) is 8.08. The van der Waals surface area contributed by atoms with Gasteiger partial charge in [0.25, 0.3) is 0 Å². The molecule has 18 heavy (non-hydrogen) atoms. The second-order valence-electron chi connectivity index (χ2n) is 4.87. The van der Waals surface area contributed by atoms with Gasteiger partial charge >= 0.3 is 5.91 Å². The maximum absolute atomic E-state index is 11.9. The minimum Gasteiger partial charge on any atom is -1.00 e. The van der Waals surface area contributed by atoms with Gasteiger partial charge in [-0.1, -0.05) is 43.5 Å². The van der Waals surface area contributed by atoms with E-state index in [4.69, 9.17) is 0 Å². The number of nitrogens with zero attached hydrogens (tertiary/aromatic N) is 1. The summed E-state index contributed by atoms with van der Waals surface area (Å²) < 4.78 is 0.294. The lowest BCUT2D eigenvalue weighted by Crippen LogP contribution is -3.00. The Bertz CT molecular complexity index is 446. The summed E-state index contributed by atoms with van der Waals surface area (Å²) in [4.78, 5) is 11.9. The van der Waals surface area contributed by atoms with Gasteiger partial charge in [-0.15, -0.1) is 0 Å². The molecular formula is C15H20ClNO. The molecule has 0 atom stereocenters. The number of likely N-dealkylation sites (N-methyl/N-ethyl adjacent to an activating group) is 1. The predicted molar refractivity (Wildman–Crippen MR) is 72.2 cm³/mol. The number of carbonyl (C=O) groups excluding carboxylic acids is 1. The van der Waals surface area contributed by atoms with Gasteiger partial charge in [0.2, 0.25) is 0 Å². The lowest BCUT2D eigenvalue weighted by atomic mass is 10.1. The zero-order chi connectivity index (χ0) is 13.1. The molecule has 98 valence electrons. The van der Waals surface area contributed by atoms with Crippen LogP contribution in [0.5, 0.6) is 0 Å². The summed E-state index contributed by atoms with van der Waals surface area (Å²) in [5, 5.41) is 0. The molecule has 0 radical (unpaired) electrons. The molecule has 0 saturated heterocycles. The number of hydrogen-bond acceptors (Lipinski definition) is 1. The molecule has 1 amide bonds.